The first-order valence-electron chi connectivity index (χ1n) is 12.5. The molecule has 2 atom stereocenters. The van der Waals surface area contributed by atoms with Crippen LogP contribution < -0.4 is 16.4 Å². The van der Waals surface area contributed by atoms with Gasteiger partial charge in [-0.25, -0.2) is 23.1 Å². The maximum absolute atomic E-state index is 14.5. The van der Waals surface area contributed by atoms with Crippen LogP contribution >= 0.6 is 0 Å². The highest BCUT2D eigenvalue weighted by Crippen LogP contribution is 2.43. The summed E-state index contributed by atoms with van der Waals surface area (Å²) in [6.45, 7) is 1.84. The summed E-state index contributed by atoms with van der Waals surface area (Å²) in [5.41, 5.74) is 5.31. The molecule has 9 nitrogen and oxygen atoms in total. The molecule has 12 heteroatoms. The zero-order chi connectivity index (χ0) is 26.3. The van der Waals surface area contributed by atoms with Crippen LogP contribution in [-0.4, -0.2) is 42.7 Å². The molecule has 0 unspecified atom stereocenters. The van der Waals surface area contributed by atoms with Crippen LogP contribution in [0.1, 0.15) is 64.3 Å². The number of imidazole rings is 1. The first-order chi connectivity index (χ1) is 17.6. The van der Waals surface area contributed by atoms with E-state index in [0.717, 1.165) is 19.3 Å². The van der Waals surface area contributed by atoms with Crippen LogP contribution in [0.2, 0.25) is 0 Å². The summed E-state index contributed by atoms with van der Waals surface area (Å²) in [7, 11) is 0. The lowest BCUT2D eigenvalue weighted by molar-refractivity contribution is -0.128. The average Bonchev–Trinajstić information content (AvgIpc) is 3.19. The number of hydrogen-bond acceptors (Lipinski definition) is 7. The predicted molar refractivity (Wildman–Crippen MR) is 132 cm³/mol. The van der Waals surface area contributed by atoms with E-state index in [1.54, 1.807) is 4.57 Å². The molecule has 3 aromatic rings. The van der Waals surface area contributed by atoms with Crippen molar-refractivity contribution in [3.05, 3.63) is 35.8 Å². The van der Waals surface area contributed by atoms with Crippen LogP contribution in [0, 0.1) is 22.9 Å². The van der Waals surface area contributed by atoms with Gasteiger partial charge in [-0.2, -0.15) is 4.98 Å². The minimum Gasteiger partial charge on any atom is -0.393 e. The van der Waals surface area contributed by atoms with E-state index >= 15 is 0 Å². The molecule has 0 bridgehead atoms. The summed E-state index contributed by atoms with van der Waals surface area (Å²) >= 11 is 0. The number of halogens is 3. The van der Waals surface area contributed by atoms with Crippen LogP contribution in [0.15, 0.2) is 18.3 Å². The number of nitrogens with zero attached hydrogens (tertiary/aromatic N) is 4. The lowest BCUT2D eigenvalue weighted by atomic mass is 9.73. The lowest BCUT2D eigenvalue weighted by Gasteiger charge is -2.35. The second-order valence-corrected chi connectivity index (χ2v) is 10.4. The number of carbonyl (C=O) groups excluding carboxylic acids is 1. The Morgan fingerprint density at radius 1 is 1.14 bits per heavy atom. The molecule has 2 saturated carbocycles. The molecule has 0 saturated heterocycles. The van der Waals surface area contributed by atoms with Gasteiger partial charge in [0.15, 0.2) is 17.3 Å². The van der Waals surface area contributed by atoms with Gasteiger partial charge in [0.25, 0.3) is 0 Å². The molecule has 1 aromatic carbocycles. The number of hydrogen-bond donors (Lipinski definition) is 4. The largest absolute Gasteiger partial charge is 0.393 e. The quantitative estimate of drug-likeness (QED) is 0.383. The monoisotopic (exact) mass is 517 g/mol. The summed E-state index contributed by atoms with van der Waals surface area (Å²) < 4.78 is 44.2. The highest BCUT2D eigenvalue weighted by molar-refractivity contribution is 5.80. The number of rotatable bonds is 6. The van der Waals surface area contributed by atoms with Crippen molar-refractivity contribution in [2.45, 2.75) is 76.5 Å². The van der Waals surface area contributed by atoms with Gasteiger partial charge in [0, 0.05) is 29.6 Å². The third-order valence-corrected chi connectivity index (χ3v) is 7.67. The first kappa shape index (κ1) is 25.2. The molecular weight excluding hydrogens is 487 g/mol. The van der Waals surface area contributed by atoms with E-state index < -0.39 is 28.6 Å². The van der Waals surface area contributed by atoms with Crippen molar-refractivity contribution in [1.29, 1.82) is 0 Å². The standard InChI is InChI=1S/C25H30F3N7O2/c1-25(22(29)37)7-5-15(6-8-25)35-21-19(12-30-23(34-21)31-14-3-2-4-16(36)11-14)32-24(35)33-20-17(27)9-13(26)10-18(20)28/h9-10,12,14-16,36H,2-8,11H2,1H3,(H2,29,37)(H,32,33)(H,30,31,34)/t14-,15?,16+,25?/m0/s1. The van der Waals surface area contributed by atoms with Crippen molar-refractivity contribution in [1.82, 2.24) is 19.5 Å². The van der Waals surface area contributed by atoms with Crippen LogP contribution in [0.3, 0.4) is 0 Å². The van der Waals surface area contributed by atoms with Crippen LogP contribution in [0.5, 0.6) is 0 Å². The van der Waals surface area contributed by atoms with E-state index in [-0.39, 0.29) is 30.0 Å². The van der Waals surface area contributed by atoms with Crippen molar-refractivity contribution in [2.75, 3.05) is 10.6 Å². The maximum Gasteiger partial charge on any atom is 0.224 e. The van der Waals surface area contributed by atoms with Gasteiger partial charge in [-0.3, -0.25) is 9.36 Å². The number of primary amides is 1. The molecule has 0 aliphatic heterocycles. The molecule has 5 N–H and O–H groups in total. The lowest BCUT2D eigenvalue weighted by Crippen LogP contribution is -2.38. The Morgan fingerprint density at radius 2 is 1.84 bits per heavy atom. The number of aromatic nitrogens is 4. The number of fused-ring (bicyclic) bond motifs is 1. The number of anilines is 3. The number of carbonyl (C=O) groups is 1. The Bertz CT molecular complexity index is 1300. The molecule has 1 amide bonds. The SMILES string of the molecule is CC1(C(N)=O)CCC(n2c(Nc3c(F)cc(F)cc3F)nc3cnc(N[C@H]4CCC[C@@H](O)C4)nc32)CC1. The third-order valence-electron chi connectivity index (χ3n) is 7.67. The summed E-state index contributed by atoms with van der Waals surface area (Å²) in [6, 6.07) is 1.02. The van der Waals surface area contributed by atoms with Gasteiger partial charge < -0.3 is 21.5 Å². The van der Waals surface area contributed by atoms with Gasteiger partial charge in [0.2, 0.25) is 17.8 Å². The number of aliphatic hydroxyl groups excluding tert-OH is 1. The van der Waals surface area contributed by atoms with E-state index in [4.69, 9.17) is 5.73 Å². The Balaban J connectivity index is 1.52. The minimum absolute atomic E-state index is 0.0172. The van der Waals surface area contributed by atoms with E-state index in [1.807, 2.05) is 6.92 Å². The summed E-state index contributed by atoms with van der Waals surface area (Å²) in [4.78, 5) is 25.5. The fourth-order valence-corrected chi connectivity index (χ4v) is 5.39. The summed E-state index contributed by atoms with van der Waals surface area (Å²) in [6.07, 6.45) is 6.46. The third kappa shape index (κ3) is 5.07. The molecule has 2 aliphatic carbocycles. The smallest absolute Gasteiger partial charge is 0.224 e. The average molecular weight is 518 g/mol. The molecule has 2 aromatic heterocycles. The topological polar surface area (TPSA) is 131 Å². The van der Waals surface area contributed by atoms with Crippen molar-refractivity contribution in [2.24, 2.45) is 11.1 Å². The Morgan fingerprint density at radius 3 is 2.49 bits per heavy atom. The van der Waals surface area contributed by atoms with Crippen LogP contribution in [0.25, 0.3) is 11.2 Å². The van der Waals surface area contributed by atoms with Crippen LogP contribution in [-0.2, 0) is 4.79 Å². The fraction of sp³-hybridized carbons (Fsp3) is 0.520. The Kier molecular flexibility index (Phi) is 6.69. The number of benzene rings is 1. The van der Waals surface area contributed by atoms with Crippen molar-refractivity contribution in [3.63, 3.8) is 0 Å². The van der Waals surface area contributed by atoms with Gasteiger partial charge in [0.05, 0.1) is 12.3 Å². The number of amides is 1. The Labute approximate surface area is 211 Å². The van der Waals surface area contributed by atoms with Crippen molar-refractivity contribution >= 4 is 34.7 Å². The fourth-order valence-electron chi connectivity index (χ4n) is 5.39. The zero-order valence-corrected chi connectivity index (χ0v) is 20.5. The van der Waals surface area contributed by atoms with Gasteiger partial charge in [-0.1, -0.05) is 6.92 Å². The highest BCUT2D eigenvalue weighted by atomic mass is 19.1. The van der Waals surface area contributed by atoms with Gasteiger partial charge in [0.1, 0.15) is 17.0 Å². The maximum atomic E-state index is 14.5. The summed E-state index contributed by atoms with van der Waals surface area (Å²) in [5.74, 6) is -3.08. The second-order valence-electron chi connectivity index (χ2n) is 10.4. The van der Waals surface area contributed by atoms with Crippen molar-refractivity contribution < 1.29 is 23.1 Å². The predicted octanol–water partition coefficient (Wildman–Crippen LogP) is 4.31. The number of nitrogens with two attached hydrogens (primary N) is 1. The van der Waals surface area contributed by atoms with E-state index in [9.17, 15) is 23.1 Å². The molecule has 2 heterocycles. The molecule has 2 fully saturated rings. The van der Waals surface area contributed by atoms with Gasteiger partial charge >= 0.3 is 0 Å². The van der Waals surface area contributed by atoms with E-state index in [1.165, 1.54) is 6.20 Å². The number of aliphatic hydroxyl groups is 1. The minimum atomic E-state index is -1.09. The van der Waals surface area contributed by atoms with Crippen molar-refractivity contribution in [3.8, 4) is 0 Å². The number of nitrogens with one attached hydrogen (secondary N) is 2. The molecule has 2 aliphatic rings. The summed E-state index contributed by atoms with van der Waals surface area (Å²) in [5, 5.41) is 16.0. The normalized spacial score (nSPS) is 26.2. The Hall–Kier alpha value is -3.41. The zero-order valence-electron chi connectivity index (χ0n) is 20.5. The second kappa shape index (κ2) is 9.81. The van der Waals surface area contributed by atoms with Gasteiger partial charge in [-0.05, 0) is 51.4 Å². The van der Waals surface area contributed by atoms with Crippen LogP contribution in [0.4, 0.5) is 30.8 Å². The van der Waals surface area contributed by atoms with Gasteiger partial charge in [-0.15, -0.1) is 0 Å². The molecule has 37 heavy (non-hydrogen) atoms. The molecule has 198 valence electrons. The molecular formula is C25H30F3N7O2. The molecule has 5 rings (SSSR count). The molecule has 0 radical (unpaired) electrons. The first-order valence-corrected chi connectivity index (χ1v) is 12.5. The van der Waals surface area contributed by atoms with E-state index in [2.05, 4.69) is 25.6 Å². The molecule has 0 spiro atoms. The van der Waals surface area contributed by atoms with E-state index in [0.29, 0.717) is 61.3 Å². The highest BCUT2D eigenvalue weighted by Gasteiger charge is 2.38.